The van der Waals surface area contributed by atoms with E-state index < -0.39 is 11.9 Å². The van der Waals surface area contributed by atoms with Crippen LogP contribution in [0.2, 0.25) is 0 Å². The van der Waals surface area contributed by atoms with Crippen LogP contribution in [0.4, 0.5) is 9.18 Å². The summed E-state index contributed by atoms with van der Waals surface area (Å²) >= 11 is 0. The second kappa shape index (κ2) is 5.30. The molecule has 2 amide bonds. The third kappa shape index (κ3) is 1.91. The lowest BCUT2D eigenvalue weighted by molar-refractivity contribution is 0.101. The molecular weight excluding hydrogens is 307 g/mol. The molecule has 2 aromatic rings. The summed E-state index contributed by atoms with van der Waals surface area (Å²) in [5, 5.41) is 2.81. The molecule has 4 rings (SSSR count). The number of ketones is 1. The SMILES string of the molecule is CCN1C(=O)NC2=C(C(=O)c3ccccc32)[C@H]1c1ccccc1F. The molecule has 2 aromatic carbocycles. The highest BCUT2D eigenvalue weighted by atomic mass is 19.1. The highest BCUT2D eigenvalue weighted by Crippen LogP contribution is 2.43. The molecule has 0 radical (unpaired) electrons. The number of hydrogen-bond acceptors (Lipinski definition) is 2. The van der Waals surface area contributed by atoms with Gasteiger partial charge < -0.3 is 10.2 Å². The molecule has 1 N–H and O–H groups in total. The largest absolute Gasteiger partial charge is 0.322 e. The zero-order chi connectivity index (χ0) is 16.8. The maximum Gasteiger partial charge on any atom is 0.322 e. The molecule has 4 nitrogen and oxygen atoms in total. The van der Waals surface area contributed by atoms with Gasteiger partial charge in [-0.2, -0.15) is 0 Å². The van der Waals surface area contributed by atoms with Gasteiger partial charge >= 0.3 is 6.03 Å². The van der Waals surface area contributed by atoms with E-state index in [1.165, 1.54) is 11.0 Å². The molecule has 1 aliphatic heterocycles. The van der Waals surface area contributed by atoms with Gasteiger partial charge in [-0.05, 0) is 13.0 Å². The van der Waals surface area contributed by atoms with Crippen LogP contribution in [-0.4, -0.2) is 23.3 Å². The van der Waals surface area contributed by atoms with E-state index in [0.29, 0.717) is 34.5 Å². The van der Waals surface area contributed by atoms with E-state index >= 15 is 0 Å². The highest BCUT2D eigenvalue weighted by Gasteiger charge is 2.44. The molecule has 24 heavy (non-hydrogen) atoms. The van der Waals surface area contributed by atoms with Gasteiger partial charge in [-0.25, -0.2) is 9.18 Å². The molecule has 5 heteroatoms. The Bertz CT molecular complexity index is 904. The smallest absolute Gasteiger partial charge is 0.313 e. The van der Waals surface area contributed by atoms with Crippen molar-refractivity contribution in [3.8, 4) is 0 Å². The van der Waals surface area contributed by atoms with Gasteiger partial charge in [0.1, 0.15) is 5.82 Å². The number of nitrogens with one attached hydrogen (secondary N) is 1. The fourth-order valence-electron chi connectivity index (χ4n) is 3.50. The number of nitrogens with zero attached hydrogens (tertiary/aromatic N) is 1. The molecule has 1 atom stereocenters. The van der Waals surface area contributed by atoms with E-state index in [1.54, 1.807) is 36.4 Å². The molecule has 0 spiro atoms. The topological polar surface area (TPSA) is 49.4 Å². The maximum absolute atomic E-state index is 14.4. The molecule has 0 aromatic heterocycles. The van der Waals surface area contributed by atoms with Crippen LogP contribution in [0.5, 0.6) is 0 Å². The van der Waals surface area contributed by atoms with Crippen molar-refractivity contribution in [2.24, 2.45) is 0 Å². The summed E-state index contributed by atoms with van der Waals surface area (Å²) in [7, 11) is 0. The molecule has 0 saturated heterocycles. The van der Waals surface area contributed by atoms with Crippen LogP contribution in [0.3, 0.4) is 0 Å². The zero-order valence-corrected chi connectivity index (χ0v) is 13.0. The second-order valence-corrected chi connectivity index (χ2v) is 5.80. The first-order valence-corrected chi connectivity index (χ1v) is 7.83. The Balaban J connectivity index is 1.97. The number of likely N-dealkylation sites (N-methyl/N-ethyl adjacent to an activating group) is 1. The molecule has 0 unspecified atom stereocenters. The maximum atomic E-state index is 14.4. The molecule has 2 aliphatic rings. The summed E-state index contributed by atoms with van der Waals surface area (Å²) in [4.78, 5) is 26.9. The fourth-order valence-corrected chi connectivity index (χ4v) is 3.50. The number of Topliss-reactive ketones (excluding diaryl/α,β-unsaturated/α-hetero) is 1. The second-order valence-electron chi connectivity index (χ2n) is 5.80. The Morgan fingerprint density at radius 1 is 1.04 bits per heavy atom. The van der Waals surface area contributed by atoms with E-state index in [-0.39, 0.29) is 11.8 Å². The van der Waals surface area contributed by atoms with Crippen LogP contribution in [0.15, 0.2) is 54.1 Å². The Kier molecular flexibility index (Phi) is 3.23. The van der Waals surface area contributed by atoms with Gasteiger partial charge in [0.25, 0.3) is 0 Å². The van der Waals surface area contributed by atoms with Crippen molar-refractivity contribution in [3.05, 3.63) is 76.6 Å². The minimum Gasteiger partial charge on any atom is -0.313 e. The lowest BCUT2D eigenvalue weighted by Gasteiger charge is -2.36. The van der Waals surface area contributed by atoms with Crippen LogP contribution in [0.1, 0.15) is 34.5 Å². The summed E-state index contributed by atoms with van der Waals surface area (Å²) < 4.78 is 14.4. The third-order valence-electron chi connectivity index (χ3n) is 4.57. The number of fused-ring (bicyclic) bond motifs is 2. The molecule has 0 bridgehead atoms. The predicted octanol–water partition coefficient (Wildman–Crippen LogP) is 3.52. The van der Waals surface area contributed by atoms with Gasteiger partial charge in [0, 0.05) is 23.2 Å². The standard InChI is InChI=1S/C19H15FN2O2/c1-2-22-17(13-9-5-6-10-14(13)20)15-16(21-19(22)24)11-7-3-4-8-12(11)18(15)23/h3-10,17H,2H2,1H3,(H,21,24)/t17-/m1/s1. The number of benzene rings is 2. The molecule has 0 fully saturated rings. The van der Waals surface area contributed by atoms with Gasteiger partial charge in [-0.3, -0.25) is 4.79 Å². The van der Waals surface area contributed by atoms with Crippen molar-refractivity contribution < 1.29 is 14.0 Å². The summed E-state index contributed by atoms with van der Waals surface area (Å²) in [6.45, 7) is 2.18. The van der Waals surface area contributed by atoms with Crippen LogP contribution in [0, 0.1) is 5.82 Å². The fraction of sp³-hybridized carbons (Fsp3) is 0.158. The van der Waals surface area contributed by atoms with Crippen LogP contribution in [0.25, 0.3) is 5.70 Å². The van der Waals surface area contributed by atoms with Crippen molar-refractivity contribution in [2.75, 3.05) is 6.54 Å². The minimum atomic E-state index is -0.722. The first kappa shape index (κ1) is 14.6. The number of carbonyl (C=O) groups is 2. The first-order valence-electron chi connectivity index (χ1n) is 7.83. The monoisotopic (exact) mass is 322 g/mol. The Hall–Kier alpha value is -2.95. The number of urea groups is 1. The predicted molar refractivity (Wildman–Crippen MR) is 87.7 cm³/mol. The first-order chi connectivity index (χ1) is 11.6. The van der Waals surface area contributed by atoms with Crippen LogP contribution < -0.4 is 5.32 Å². The van der Waals surface area contributed by atoms with Crippen molar-refractivity contribution in [2.45, 2.75) is 13.0 Å². The van der Waals surface area contributed by atoms with Gasteiger partial charge in [-0.1, -0.05) is 42.5 Å². The van der Waals surface area contributed by atoms with Crippen LogP contribution in [-0.2, 0) is 0 Å². The van der Waals surface area contributed by atoms with E-state index in [9.17, 15) is 14.0 Å². The third-order valence-corrected chi connectivity index (χ3v) is 4.57. The quantitative estimate of drug-likeness (QED) is 0.920. The summed E-state index contributed by atoms with van der Waals surface area (Å²) in [5.41, 5.74) is 2.51. The number of rotatable bonds is 2. The van der Waals surface area contributed by atoms with Gasteiger partial charge in [-0.15, -0.1) is 0 Å². The molecule has 0 saturated carbocycles. The molecule has 1 heterocycles. The van der Waals surface area contributed by atoms with Crippen molar-refractivity contribution in [3.63, 3.8) is 0 Å². The average Bonchev–Trinajstić information content (AvgIpc) is 2.87. The van der Waals surface area contributed by atoms with Crippen molar-refractivity contribution in [1.29, 1.82) is 0 Å². The van der Waals surface area contributed by atoms with Crippen molar-refractivity contribution >= 4 is 17.5 Å². The summed E-state index contributed by atoms with van der Waals surface area (Å²) in [5.74, 6) is -0.585. The van der Waals surface area contributed by atoms with E-state index in [1.807, 2.05) is 13.0 Å². The van der Waals surface area contributed by atoms with Crippen molar-refractivity contribution in [1.82, 2.24) is 10.2 Å². The molecule has 120 valence electrons. The normalized spacial score (nSPS) is 19.2. The summed E-state index contributed by atoms with van der Waals surface area (Å²) in [6.07, 6.45) is 0. The lowest BCUT2D eigenvalue weighted by atomic mass is 9.92. The van der Waals surface area contributed by atoms with Gasteiger partial charge in [0.05, 0.1) is 17.3 Å². The number of halogens is 1. The number of amides is 2. The molecule has 1 aliphatic carbocycles. The van der Waals surface area contributed by atoms with E-state index in [0.717, 1.165) is 0 Å². The Morgan fingerprint density at radius 3 is 2.42 bits per heavy atom. The molecular formula is C19H15FN2O2. The van der Waals surface area contributed by atoms with E-state index in [2.05, 4.69) is 5.32 Å². The van der Waals surface area contributed by atoms with Gasteiger partial charge in [0.15, 0.2) is 5.78 Å². The minimum absolute atomic E-state index is 0.160. The zero-order valence-electron chi connectivity index (χ0n) is 13.0. The average molecular weight is 322 g/mol. The Labute approximate surface area is 138 Å². The van der Waals surface area contributed by atoms with Gasteiger partial charge in [0.2, 0.25) is 0 Å². The lowest BCUT2D eigenvalue weighted by Crippen LogP contribution is -2.47. The number of hydrogen-bond donors (Lipinski definition) is 1. The summed E-state index contributed by atoms with van der Waals surface area (Å²) in [6, 6.07) is 12.4. The van der Waals surface area contributed by atoms with Crippen LogP contribution >= 0.6 is 0 Å². The number of carbonyl (C=O) groups excluding carboxylic acids is 2. The van der Waals surface area contributed by atoms with E-state index in [4.69, 9.17) is 0 Å². The highest BCUT2D eigenvalue weighted by molar-refractivity contribution is 6.23. The Morgan fingerprint density at radius 2 is 1.71 bits per heavy atom.